The summed E-state index contributed by atoms with van der Waals surface area (Å²) >= 11 is 0.126. The van der Waals surface area contributed by atoms with Gasteiger partial charge in [0.2, 0.25) is 0 Å². The molecule has 0 bridgehead atoms. The molecule has 4 aromatic rings. The molecule has 0 atom stereocenters. The van der Waals surface area contributed by atoms with Gasteiger partial charge in [0.25, 0.3) is 0 Å². The Balaban J connectivity index is 1.84. The molecule has 0 saturated carbocycles. The molecule has 0 radical (unpaired) electrons. The first-order chi connectivity index (χ1) is 12.2. The Bertz CT molecular complexity index is 1000. The first-order valence-electron chi connectivity index (χ1n) is 8.14. The molecule has 0 spiro atoms. The summed E-state index contributed by atoms with van der Waals surface area (Å²) < 4.78 is 21.4. The van der Waals surface area contributed by atoms with E-state index in [4.69, 9.17) is 4.74 Å². The van der Waals surface area contributed by atoms with Crippen molar-refractivity contribution in [1.29, 1.82) is 0 Å². The van der Waals surface area contributed by atoms with Crippen LogP contribution >= 0.6 is 0 Å². The summed E-state index contributed by atoms with van der Waals surface area (Å²) in [5.74, 6) is 0.706. The van der Waals surface area contributed by atoms with Crippen LogP contribution in [0.4, 0.5) is 4.39 Å². The maximum absolute atomic E-state index is 13.7. The number of benzene rings is 3. The number of fused-ring (bicyclic) bond motifs is 1. The number of hydrogen-bond donors (Lipinski definition) is 0. The molecule has 0 N–H and O–H groups in total. The Morgan fingerprint density at radius 2 is 1.68 bits per heavy atom. The minimum atomic E-state index is -0.154. The van der Waals surface area contributed by atoms with Crippen LogP contribution in [-0.2, 0) is 6.42 Å². The molecule has 3 aromatic carbocycles. The van der Waals surface area contributed by atoms with Gasteiger partial charge in [-0.2, -0.15) is 0 Å². The van der Waals surface area contributed by atoms with Gasteiger partial charge in [0.1, 0.15) is 0 Å². The van der Waals surface area contributed by atoms with Crippen molar-refractivity contribution < 1.29 is 9.13 Å². The summed E-state index contributed by atoms with van der Waals surface area (Å²) in [6.45, 7) is 0. The van der Waals surface area contributed by atoms with E-state index in [9.17, 15) is 4.39 Å². The van der Waals surface area contributed by atoms with Crippen molar-refractivity contribution >= 4 is 24.1 Å². The molecule has 0 fully saturated rings. The first-order valence-corrected chi connectivity index (χ1v) is 9.85. The summed E-state index contributed by atoms with van der Waals surface area (Å²) in [5.41, 5.74) is 3.78. The third-order valence-electron chi connectivity index (χ3n) is 4.33. The zero-order valence-corrected chi connectivity index (χ0v) is 15.5. The second-order valence-corrected chi connectivity index (χ2v) is 8.15. The quantitative estimate of drug-likeness (QED) is 0.426. The SMILES string of the molecule is COc1ccc(Cc2c(-c3ccccc3)[se]c3cc(F)ccc23)cc1. The predicted octanol–water partition coefficient (Wildman–Crippen LogP) is 5.30. The molecule has 0 unspecified atom stereocenters. The Morgan fingerprint density at radius 3 is 2.40 bits per heavy atom. The summed E-state index contributed by atoms with van der Waals surface area (Å²) in [6.07, 6.45) is 0.842. The molecule has 3 heteroatoms. The molecule has 0 amide bonds. The minimum absolute atomic E-state index is 0.126. The van der Waals surface area contributed by atoms with E-state index in [2.05, 4.69) is 36.4 Å². The summed E-state index contributed by atoms with van der Waals surface area (Å²) in [7, 11) is 1.68. The number of ether oxygens (including phenoxy) is 1. The molecule has 0 aliphatic carbocycles. The fraction of sp³-hybridized carbons (Fsp3) is 0.0909. The summed E-state index contributed by atoms with van der Waals surface area (Å²) in [4.78, 5) is 0. The average Bonchev–Trinajstić information content (AvgIpc) is 3.00. The Labute approximate surface area is 152 Å². The van der Waals surface area contributed by atoms with E-state index < -0.39 is 0 Å². The molecular weight excluding hydrogens is 378 g/mol. The molecule has 124 valence electrons. The number of hydrogen-bond acceptors (Lipinski definition) is 1. The summed E-state index contributed by atoms with van der Waals surface area (Å²) in [6, 6.07) is 23.8. The van der Waals surface area contributed by atoms with Crippen molar-refractivity contribution in [2.24, 2.45) is 0 Å². The molecule has 1 nitrogen and oxygen atoms in total. The van der Waals surface area contributed by atoms with Gasteiger partial charge in [0, 0.05) is 0 Å². The van der Waals surface area contributed by atoms with Crippen LogP contribution < -0.4 is 4.74 Å². The molecule has 0 aliphatic heterocycles. The van der Waals surface area contributed by atoms with Crippen LogP contribution in [0.2, 0.25) is 0 Å². The van der Waals surface area contributed by atoms with E-state index in [1.807, 2.05) is 24.3 Å². The van der Waals surface area contributed by atoms with Crippen LogP contribution in [-0.4, -0.2) is 21.6 Å². The maximum atomic E-state index is 13.7. The molecule has 1 aromatic heterocycles. The second kappa shape index (κ2) is 6.87. The summed E-state index contributed by atoms with van der Waals surface area (Å²) in [5, 5.41) is 1.19. The van der Waals surface area contributed by atoms with Gasteiger partial charge in [-0.15, -0.1) is 0 Å². The van der Waals surface area contributed by atoms with Crippen LogP contribution in [0, 0.1) is 5.82 Å². The number of methoxy groups -OCH3 is 1. The number of rotatable bonds is 4. The van der Waals surface area contributed by atoms with Crippen molar-refractivity contribution in [3.8, 4) is 15.8 Å². The van der Waals surface area contributed by atoms with Gasteiger partial charge in [-0.3, -0.25) is 0 Å². The van der Waals surface area contributed by atoms with Crippen molar-refractivity contribution in [3.63, 3.8) is 0 Å². The van der Waals surface area contributed by atoms with E-state index in [1.54, 1.807) is 19.2 Å². The van der Waals surface area contributed by atoms with Gasteiger partial charge in [0.15, 0.2) is 0 Å². The van der Waals surface area contributed by atoms with Crippen LogP contribution in [0.1, 0.15) is 11.1 Å². The van der Waals surface area contributed by atoms with Crippen molar-refractivity contribution in [2.45, 2.75) is 6.42 Å². The zero-order chi connectivity index (χ0) is 17.2. The average molecular weight is 395 g/mol. The van der Waals surface area contributed by atoms with Crippen molar-refractivity contribution in [3.05, 3.63) is 89.7 Å². The first kappa shape index (κ1) is 16.1. The van der Waals surface area contributed by atoms with Crippen molar-refractivity contribution in [1.82, 2.24) is 0 Å². The third kappa shape index (κ3) is 3.26. The van der Waals surface area contributed by atoms with Gasteiger partial charge in [-0.1, -0.05) is 0 Å². The Morgan fingerprint density at radius 1 is 0.920 bits per heavy atom. The topological polar surface area (TPSA) is 9.23 Å². The van der Waals surface area contributed by atoms with Gasteiger partial charge in [-0.25, -0.2) is 0 Å². The molecule has 0 saturated heterocycles. The molecule has 0 aliphatic rings. The Hall–Kier alpha value is -2.35. The van der Waals surface area contributed by atoms with E-state index in [1.165, 1.54) is 26.5 Å². The molecule has 1 heterocycles. The Kier molecular flexibility index (Phi) is 4.44. The van der Waals surface area contributed by atoms with Crippen LogP contribution in [0.5, 0.6) is 5.75 Å². The van der Waals surface area contributed by atoms with Gasteiger partial charge < -0.3 is 0 Å². The van der Waals surface area contributed by atoms with E-state index in [0.29, 0.717) is 0 Å². The predicted molar refractivity (Wildman–Crippen MR) is 102 cm³/mol. The zero-order valence-electron chi connectivity index (χ0n) is 13.8. The van der Waals surface area contributed by atoms with Crippen LogP contribution in [0.25, 0.3) is 19.6 Å². The van der Waals surface area contributed by atoms with Crippen LogP contribution in [0.3, 0.4) is 0 Å². The van der Waals surface area contributed by atoms with E-state index in [0.717, 1.165) is 16.4 Å². The monoisotopic (exact) mass is 396 g/mol. The van der Waals surface area contributed by atoms with E-state index in [-0.39, 0.29) is 20.3 Å². The second-order valence-electron chi connectivity index (χ2n) is 5.94. The third-order valence-corrected chi connectivity index (χ3v) is 6.94. The van der Waals surface area contributed by atoms with Gasteiger partial charge in [0.05, 0.1) is 0 Å². The fourth-order valence-corrected chi connectivity index (χ4v) is 5.70. The van der Waals surface area contributed by atoms with Gasteiger partial charge >= 0.3 is 152 Å². The molecule has 4 rings (SSSR count). The van der Waals surface area contributed by atoms with Crippen molar-refractivity contribution in [2.75, 3.05) is 7.11 Å². The molecule has 25 heavy (non-hydrogen) atoms. The standard InChI is InChI=1S/C22H17FOSe/c1-24-18-10-7-15(8-11-18)13-20-19-12-9-17(23)14-21(19)25-22(20)16-5-3-2-4-6-16/h2-12,14H,13H2,1H3. The fourth-order valence-electron chi connectivity index (χ4n) is 3.07. The van der Waals surface area contributed by atoms with Crippen LogP contribution in [0.15, 0.2) is 72.8 Å². The number of halogens is 1. The van der Waals surface area contributed by atoms with Gasteiger partial charge in [-0.05, 0) is 0 Å². The van der Waals surface area contributed by atoms with E-state index >= 15 is 0 Å². The normalized spacial score (nSPS) is 11.0. The molecular formula is C22H17FOSe.